The highest BCUT2D eigenvalue weighted by molar-refractivity contribution is 5.94. The molecule has 3 rings (SSSR count). The Morgan fingerprint density at radius 3 is 2.87 bits per heavy atom. The number of hydrogen-bond acceptors (Lipinski definition) is 4. The van der Waals surface area contributed by atoms with Gasteiger partial charge in [0.1, 0.15) is 0 Å². The number of amides is 1. The molecule has 2 saturated heterocycles. The van der Waals surface area contributed by atoms with Gasteiger partial charge in [0.15, 0.2) is 11.6 Å². The normalized spacial score (nSPS) is 22.9. The topological polar surface area (TPSA) is 42.0 Å². The van der Waals surface area contributed by atoms with Crippen LogP contribution >= 0.6 is 0 Å². The molecule has 126 valence electrons. The summed E-state index contributed by atoms with van der Waals surface area (Å²) in [5, 5.41) is 0. The van der Waals surface area contributed by atoms with Gasteiger partial charge in [-0.05, 0) is 31.0 Å². The summed E-state index contributed by atoms with van der Waals surface area (Å²) in [5.41, 5.74) is 0.376. The maximum absolute atomic E-state index is 13.8. The van der Waals surface area contributed by atoms with E-state index >= 15 is 0 Å². The van der Waals surface area contributed by atoms with Crippen molar-refractivity contribution in [2.75, 3.05) is 46.5 Å². The average Bonchev–Trinajstić information content (AvgIpc) is 2.99. The van der Waals surface area contributed by atoms with Crippen molar-refractivity contribution in [2.45, 2.75) is 18.9 Å². The quantitative estimate of drug-likeness (QED) is 0.851. The second kappa shape index (κ2) is 7.27. The first-order valence-electron chi connectivity index (χ1n) is 8.13. The summed E-state index contributed by atoms with van der Waals surface area (Å²) in [7, 11) is 1.41. The Morgan fingerprint density at radius 2 is 2.17 bits per heavy atom. The molecule has 1 unspecified atom stereocenters. The predicted octanol–water partition coefficient (Wildman–Crippen LogP) is 1.77. The lowest BCUT2D eigenvalue weighted by atomic mass is 10.1. The second-order valence-corrected chi connectivity index (χ2v) is 6.05. The van der Waals surface area contributed by atoms with Crippen LogP contribution < -0.4 is 4.74 Å². The SMILES string of the molecule is COc1ccc(C(=O)N2CCCN(C3CCOC3)CC2)cc1F. The van der Waals surface area contributed by atoms with Crippen LogP contribution in [0.3, 0.4) is 0 Å². The van der Waals surface area contributed by atoms with Crippen LogP contribution in [-0.4, -0.2) is 68.3 Å². The van der Waals surface area contributed by atoms with Gasteiger partial charge in [-0.15, -0.1) is 0 Å². The minimum atomic E-state index is -0.502. The third-order valence-corrected chi connectivity index (χ3v) is 4.64. The van der Waals surface area contributed by atoms with Crippen LogP contribution in [0.25, 0.3) is 0 Å². The minimum absolute atomic E-state index is 0.115. The number of carbonyl (C=O) groups excluding carboxylic acids is 1. The molecule has 1 atom stereocenters. The molecular formula is C17H23FN2O3. The van der Waals surface area contributed by atoms with Gasteiger partial charge >= 0.3 is 0 Å². The molecule has 1 aromatic carbocycles. The van der Waals surface area contributed by atoms with Crippen molar-refractivity contribution in [1.29, 1.82) is 0 Å². The molecule has 0 radical (unpaired) electrons. The van der Waals surface area contributed by atoms with Crippen LogP contribution in [0, 0.1) is 5.82 Å². The molecular weight excluding hydrogens is 299 g/mol. The zero-order chi connectivity index (χ0) is 16.2. The van der Waals surface area contributed by atoms with Crippen LogP contribution in [-0.2, 0) is 4.74 Å². The smallest absolute Gasteiger partial charge is 0.254 e. The van der Waals surface area contributed by atoms with E-state index in [9.17, 15) is 9.18 Å². The largest absolute Gasteiger partial charge is 0.494 e. The molecule has 0 spiro atoms. The summed E-state index contributed by atoms with van der Waals surface area (Å²) < 4.78 is 24.2. The summed E-state index contributed by atoms with van der Waals surface area (Å²) in [5.74, 6) is -0.459. The number of ether oxygens (including phenoxy) is 2. The van der Waals surface area contributed by atoms with E-state index in [2.05, 4.69) is 4.90 Å². The Hall–Kier alpha value is -1.66. The van der Waals surface area contributed by atoms with Crippen molar-refractivity contribution < 1.29 is 18.7 Å². The minimum Gasteiger partial charge on any atom is -0.494 e. The van der Waals surface area contributed by atoms with Crippen molar-refractivity contribution >= 4 is 5.91 Å². The fourth-order valence-electron chi connectivity index (χ4n) is 3.30. The fraction of sp³-hybridized carbons (Fsp3) is 0.588. The molecule has 2 aliphatic heterocycles. The second-order valence-electron chi connectivity index (χ2n) is 6.05. The molecule has 5 nitrogen and oxygen atoms in total. The fourth-order valence-corrected chi connectivity index (χ4v) is 3.30. The third kappa shape index (κ3) is 3.64. The highest BCUT2D eigenvalue weighted by Crippen LogP contribution is 2.20. The molecule has 0 aromatic heterocycles. The van der Waals surface area contributed by atoms with Crippen LogP contribution in [0.1, 0.15) is 23.2 Å². The Labute approximate surface area is 136 Å². The van der Waals surface area contributed by atoms with Gasteiger partial charge in [0.05, 0.1) is 13.7 Å². The van der Waals surface area contributed by atoms with Crippen molar-refractivity contribution in [3.63, 3.8) is 0 Å². The van der Waals surface area contributed by atoms with Gasteiger partial charge < -0.3 is 14.4 Å². The number of benzene rings is 1. The third-order valence-electron chi connectivity index (χ3n) is 4.64. The standard InChI is InChI=1S/C17H23FN2O3/c1-22-16-4-3-13(11-15(16)18)17(21)20-7-2-6-19(8-9-20)14-5-10-23-12-14/h3-4,11,14H,2,5-10,12H2,1H3. The number of carbonyl (C=O) groups is 1. The number of nitrogens with zero attached hydrogens (tertiary/aromatic N) is 2. The van der Waals surface area contributed by atoms with Gasteiger partial charge in [-0.1, -0.05) is 0 Å². The first-order valence-corrected chi connectivity index (χ1v) is 8.13. The van der Waals surface area contributed by atoms with Crippen molar-refractivity contribution in [3.8, 4) is 5.75 Å². The highest BCUT2D eigenvalue weighted by Gasteiger charge is 2.27. The maximum Gasteiger partial charge on any atom is 0.254 e. The molecule has 6 heteroatoms. The molecule has 2 heterocycles. The molecule has 1 aromatic rings. The Kier molecular flexibility index (Phi) is 5.13. The number of methoxy groups -OCH3 is 1. The first kappa shape index (κ1) is 16.2. The number of rotatable bonds is 3. The lowest BCUT2D eigenvalue weighted by molar-refractivity contribution is 0.0756. The van der Waals surface area contributed by atoms with E-state index in [1.165, 1.54) is 19.2 Å². The van der Waals surface area contributed by atoms with Crippen molar-refractivity contribution in [1.82, 2.24) is 9.80 Å². The van der Waals surface area contributed by atoms with E-state index in [1.54, 1.807) is 6.07 Å². The van der Waals surface area contributed by atoms with E-state index in [0.29, 0.717) is 24.7 Å². The molecule has 0 bridgehead atoms. The summed E-state index contributed by atoms with van der Waals surface area (Å²) in [6.45, 7) is 4.82. The van der Waals surface area contributed by atoms with Crippen LogP contribution in [0.15, 0.2) is 18.2 Å². The predicted molar refractivity (Wildman–Crippen MR) is 84.3 cm³/mol. The number of halogens is 1. The van der Waals surface area contributed by atoms with E-state index in [-0.39, 0.29) is 11.7 Å². The molecule has 2 fully saturated rings. The summed E-state index contributed by atoms with van der Waals surface area (Å²) in [6.07, 6.45) is 2.00. The lowest BCUT2D eigenvalue weighted by Crippen LogP contribution is -2.39. The van der Waals surface area contributed by atoms with Gasteiger partial charge in [0.2, 0.25) is 0 Å². The molecule has 23 heavy (non-hydrogen) atoms. The Morgan fingerprint density at radius 1 is 1.30 bits per heavy atom. The summed E-state index contributed by atoms with van der Waals surface area (Å²) >= 11 is 0. The van der Waals surface area contributed by atoms with Gasteiger partial charge in [-0.25, -0.2) is 4.39 Å². The van der Waals surface area contributed by atoms with E-state index in [1.807, 2.05) is 4.90 Å². The summed E-state index contributed by atoms with van der Waals surface area (Å²) in [4.78, 5) is 16.8. The monoisotopic (exact) mass is 322 g/mol. The lowest BCUT2D eigenvalue weighted by Gasteiger charge is -2.26. The zero-order valence-corrected chi connectivity index (χ0v) is 13.5. The van der Waals surface area contributed by atoms with Gasteiger partial charge in [0, 0.05) is 44.4 Å². The Bertz CT molecular complexity index is 561. The van der Waals surface area contributed by atoms with Crippen molar-refractivity contribution in [2.24, 2.45) is 0 Å². The van der Waals surface area contributed by atoms with E-state index < -0.39 is 5.82 Å². The Balaban J connectivity index is 1.64. The van der Waals surface area contributed by atoms with E-state index in [4.69, 9.17) is 9.47 Å². The summed E-state index contributed by atoms with van der Waals surface area (Å²) in [6, 6.07) is 4.86. The van der Waals surface area contributed by atoms with Gasteiger partial charge in [-0.3, -0.25) is 9.69 Å². The maximum atomic E-state index is 13.8. The van der Waals surface area contributed by atoms with Crippen LogP contribution in [0.4, 0.5) is 4.39 Å². The van der Waals surface area contributed by atoms with Crippen LogP contribution in [0.5, 0.6) is 5.75 Å². The molecule has 2 aliphatic rings. The van der Waals surface area contributed by atoms with Gasteiger partial charge in [0.25, 0.3) is 5.91 Å². The molecule has 0 aliphatic carbocycles. The highest BCUT2D eigenvalue weighted by atomic mass is 19.1. The molecule has 0 saturated carbocycles. The van der Waals surface area contributed by atoms with Gasteiger partial charge in [-0.2, -0.15) is 0 Å². The molecule has 0 N–H and O–H groups in total. The first-order chi connectivity index (χ1) is 11.2. The van der Waals surface area contributed by atoms with Crippen LogP contribution in [0.2, 0.25) is 0 Å². The molecule has 1 amide bonds. The van der Waals surface area contributed by atoms with Crippen molar-refractivity contribution in [3.05, 3.63) is 29.6 Å². The van der Waals surface area contributed by atoms with E-state index in [0.717, 1.165) is 39.1 Å². The average molecular weight is 322 g/mol. The zero-order valence-electron chi connectivity index (χ0n) is 13.5. The number of hydrogen-bond donors (Lipinski definition) is 0.